The average molecular weight is 406 g/mol. The second kappa shape index (κ2) is 10.3. The third kappa shape index (κ3) is 6.79. The van der Waals surface area contributed by atoms with Crippen molar-refractivity contribution in [2.24, 2.45) is 11.7 Å². The number of amides is 1. The summed E-state index contributed by atoms with van der Waals surface area (Å²) in [7, 11) is 0. The van der Waals surface area contributed by atoms with Crippen LogP contribution in [0.25, 0.3) is 0 Å². The number of aliphatic hydroxyl groups is 1. The summed E-state index contributed by atoms with van der Waals surface area (Å²) in [6.07, 6.45) is 5.71. The maximum absolute atomic E-state index is 12.0. The van der Waals surface area contributed by atoms with Gasteiger partial charge in [-0.25, -0.2) is 0 Å². The van der Waals surface area contributed by atoms with Gasteiger partial charge in [0.1, 0.15) is 6.10 Å². The van der Waals surface area contributed by atoms with E-state index in [4.69, 9.17) is 5.73 Å². The van der Waals surface area contributed by atoms with Crippen LogP contribution in [-0.2, 0) is 11.3 Å². The summed E-state index contributed by atoms with van der Waals surface area (Å²) in [5.74, 6) is 0.170. The number of hydrogen-bond acceptors (Lipinski definition) is 3. The molecule has 1 aliphatic carbocycles. The Balaban J connectivity index is 0.00000264. The Kier molecular flexibility index (Phi) is 9.14. The van der Waals surface area contributed by atoms with Crippen LogP contribution in [0.3, 0.4) is 0 Å². The predicted octanol–water partition coefficient (Wildman–Crippen LogP) is 3.15. The molecule has 1 unspecified atom stereocenters. The summed E-state index contributed by atoms with van der Waals surface area (Å²) >= 11 is 3.37. The van der Waals surface area contributed by atoms with E-state index in [2.05, 4.69) is 21.2 Å². The van der Waals surface area contributed by atoms with Crippen LogP contribution >= 0.6 is 28.3 Å². The lowest BCUT2D eigenvalue weighted by molar-refractivity contribution is -0.130. The maximum atomic E-state index is 12.0. The molecule has 6 heteroatoms. The standard InChI is InChI=1S/C17H25BrN2O2.ClH/c18-14-8-6-13(7-9-14)11-20-17(22)16(21)15(19)10-12-4-2-1-3-5-12;/h6-9,12,15-16,21H,1-5,10-11,19H2,(H,20,22);1H/t15-,16?;/m1./s1. The number of nitrogens with one attached hydrogen (secondary N) is 1. The summed E-state index contributed by atoms with van der Waals surface area (Å²) in [6.45, 7) is 0.402. The lowest BCUT2D eigenvalue weighted by atomic mass is 9.84. The summed E-state index contributed by atoms with van der Waals surface area (Å²) in [5.41, 5.74) is 7.01. The van der Waals surface area contributed by atoms with E-state index in [1.54, 1.807) is 0 Å². The topological polar surface area (TPSA) is 75.3 Å². The molecule has 0 bridgehead atoms. The van der Waals surface area contributed by atoms with Gasteiger partial charge in [0.25, 0.3) is 5.91 Å². The largest absolute Gasteiger partial charge is 0.382 e. The molecular formula is C17H26BrClN2O2. The van der Waals surface area contributed by atoms with E-state index in [9.17, 15) is 9.90 Å². The molecule has 0 aliphatic heterocycles. The third-order valence-electron chi connectivity index (χ3n) is 4.38. The van der Waals surface area contributed by atoms with Gasteiger partial charge < -0.3 is 16.2 Å². The zero-order valence-corrected chi connectivity index (χ0v) is 15.6. The number of aliphatic hydroxyl groups excluding tert-OH is 1. The minimum Gasteiger partial charge on any atom is -0.382 e. The second-order valence-electron chi connectivity index (χ2n) is 6.19. The Labute approximate surface area is 152 Å². The number of halogens is 2. The highest BCUT2D eigenvalue weighted by molar-refractivity contribution is 9.10. The van der Waals surface area contributed by atoms with Gasteiger partial charge in [0.2, 0.25) is 0 Å². The highest BCUT2D eigenvalue weighted by atomic mass is 79.9. The lowest BCUT2D eigenvalue weighted by Crippen LogP contribution is -2.47. The van der Waals surface area contributed by atoms with Crippen molar-refractivity contribution in [2.45, 2.75) is 57.2 Å². The molecule has 1 amide bonds. The van der Waals surface area contributed by atoms with Crippen LogP contribution in [0.5, 0.6) is 0 Å². The molecule has 1 fully saturated rings. The summed E-state index contributed by atoms with van der Waals surface area (Å²) < 4.78 is 0.997. The Morgan fingerprint density at radius 3 is 2.48 bits per heavy atom. The zero-order valence-electron chi connectivity index (χ0n) is 13.2. The summed E-state index contributed by atoms with van der Waals surface area (Å²) in [5, 5.41) is 12.8. The molecule has 2 rings (SSSR count). The van der Waals surface area contributed by atoms with Gasteiger partial charge in [0, 0.05) is 17.1 Å². The van der Waals surface area contributed by atoms with E-state index >= 15 is 0 Å². The van der Waals surface area contributed by atoms with E-state index in [-0.39, 0.29) is 18.3 Å². The highest BCUT2D eigenvalue weighted by Gasteiger charge is 2.26. The van der Waals surface area contributed by atoms with E-state index in [1.807, 2.05) is 24.3 Å². The predicted molar refractivity (Wildman–Crippen MR) is 98.4 cm³/mol. The number of hydrogen-bond donors (Lipinski definition) is 3. The molecule has 0 radical (unpaired) electrons. The molecule has 1 saturated carbocycles. The van der Waals surface area contributed by atoms with Crippen LogP contribution < -0.4 is 11.1 Å². The minimum absolute atomic E-state index is 0. The van der Waals surface area contributed by atoms with Crippen molar-refractivity contribution in [1.82, 2.24) is 5.32 Å². The van der Waals surface area contributed by atoms with Gasteiger partial charge in [-0.2, -0.15) is 0 Å². The normalized spacial score (nSPS) is 17.9. The average Bonchev–Trinajstić information content (AvgIpc) is 2.54. The first kappa shape index (κ1) is 20.4. The highest BCUT2D eigenvalue weighted by Crippen LogP contribution is 2.27. The van der Waals surface area contributed by atoms with Gasteiger partial charge in [0.05, 0.1) is 0 Å². The van der Waals surface area contributed by atoms with Gasteiger partial charge in [-0.1, -0.05) is 60.2 Å². The molecule has 1 aromatic rings. The molecule has 0 heterocycles. The monoisotopic (exact) mass is 404 g/mol. The van der Waals surface area contributed by atoms with Crippen molar-refractivity contribution in [3.8, 4) is 0 Å². The van der Waals surface area contributed by atoms with Crippen LogP contribution in [0.4, 0.5) is 0 Å². The fraction of sp³-hybridized carbons (Fsp3) is 0.588. The molecule has 130 valence electrons. The van der Waals surface area contributed by atoms with Crippen molar-refractivity contribution in [2.75, 3.05) is 0 Å². The molecule has 4 nitrogen and oxygen atoms in total. The Bertz CT molecular complexity index is 478. The van der Waals surface area contributed by atoms with Gasteiger partial charge in [-0.05, 0) is 30.0 Å². The Morgan fingerprint density at radius 1 is 1.26 bits per heavy atom. The Morgan fingerprint density at radius 2 is 1.87 bits per heavy atom. The Hall–Kier alpha value is -0.620. The molecule has 0 aromatic heterocycles. The molecule has 1 aliphatic rings. The molecule has 4 N–H and O–H groups in total. The smallest absolute Gasteiger partial charge is 0.250 e. The van der Waals surface area contributed by atoms with Gasteiger partial charge in [-0.3, -0.25) is 4.79 Å². The first-order valence-electron chi connectivity index (χ1n) is 8.02. The first-order chi connectivity index (χ1) is 10.6. The fourth-order valence-corrected chi connectivity index (χ4v) is 3.29. The number of carbonyl (C=O) groups is 1. The third-order valence-corrected chi connectivity index (χ3v) is 4.91. The maximum Gasteiger partial charge on any atom is 0.250 e. The van der Waals surface area contributed by atoms with Crippen LogP contribution in [0, 0.1) is 5.92 Å². The quantitative estimate of drug-likeness (QED) is 0.680. The van der Waals surface area contributed by atoms with E-state index < -0.39 is 12.1 Å². The minimum atomic E-state index is -1.13. The molecule has 23 heavy (non-hydrogen) atoms. The van der Waals surface area contributed by atoms with E-state index in [1.165, 1.54) is 32.1 Å². The van der Waals surface area contributed by atoms with Crippen molar-refractivity contribution in [3.63, 3.8) is 0 Å². The fourth-order valence-electron chi connectivity index (χ4n) is 3.03. The molecular weight excluding hydrogens is 380 g/mol. The van der Waals surface area contributed by atoms with Crippen LogP contribution in [0.2, 0.25) is 0 Å². The van der Waals surface area contributed by atoms with Crippen molar-refractivity contribution in [3.05, 3.63) is 34.3 Å². The van der Waals surface area contributed by atoms with Gasteiger partial charge in [0.15, 0.2) is 0 Å². The molecule has 0 spiro atoms. The zero-order chi connectivity index (χ0) is 15.9. The van der Waals surface area contributed by atoms with Crippen LogP contribution in [0.1, 0.15) is 44.1 Å². The van der Waals surface area contributed by atoms with Crippen molar-refractivity contribution in [1.29, 1.82) is 0 Å². The lowest BCUT2D eigenvalue weighted by Gasteiger charge is -2.26. The number of nitrogens with two attached hydrogens (primary N) is 1. The molecule has 1 aromatic carbocycles. The summed E-state index contributed by atoms with van der Waals surface area (Å²) in [6, 6.07) is 7.23. The molecule has 2 atom stereocenters. The van der Waals surface area contributed by atoms with E-state index in [0.29, 0.717) is 12.5 Å². The van der Waals surface area contributed by atoms with E-state index in [0.717, 1.165) is 16.5 Å². The van der Waals surface area contributed by atoms with Crippen LogP contribution in [-0.4, -0.2) is 23.2 Å². The van der Waals surface area contributed by atoms with Gasteiger partial charge in [-0.15, -0.1) is 12.4 Å². The molecule has 0 saturated heterocycles. The van der Waals surface area contributed by atoms with Crippen molar-refractivity contribution >= 4 is 34.2 Å². The summed E-state index contributed by atoms with van der Waals surface area (Å²) in [4.78, 5) is 12.0. The second-order valence-corrected chi connectivity index (χ2v) is 7.11. The van der Waals surface area contributed by atoms with Gasteiger partial charge >= 0.3 is 0 Å². The first-order valence-corrected chi connectivity index (χ1v) is 8.81. The van der Waals surface area contributed by atoms with Crippen LogP contribution in [0.15, 0.2) is 28.7 Å². The number of rotatable bonds is 6. The SMILES string of the molecule is Cl.N[C@H](CC1CCCCC1)C(O)C(=O)NCc1ccc(Br)cc1. The number of carbonyl (C=O) groups excluding carboxylic acids is 1. The number of benzene rings is 1. The van der Waals surface area contributed by atoms with Crippen molar-refractivity contribution < 1.29 is 9.90 Å².